The van der Waals surface area contributed by atoms with Crippen LogP contribution >= 0.6 is 0 Å². The minimum Gasteiger partial charge on any atom is -0.372 e. The highest BCUT2D eigenvalue weighted by molar-refractivity contribution is 6.11. The Hall–Kier alpha value is -2.48. The zero-order valence-corrected chi connectivity index (χ0v) is 10.5. The second-order valence-corrected chi connectivity index (χ2v) is 4.82. The van der Waals surface area contributed by atoms with Gasteiger partial charge < -0.3 is 10.2 Å². The van der Waals surface area contributed by atoms with Crippen LogP contribution in [0.15, 0.2) is 67.0 Å². The normalized spacial score (nSPS) is 14.2. The van der Waals surface area contributed by atoms with Crippen molar-refractivity contribution in [3.05, 3.63) is 67.0 Å². The molecule has 0 amide bonds. The Morgan fingerprint density at radius 3 is 2.05 bits per heavy atom. The Bertz CT molecular complexity index is 735. The predicted octanol–water partition coefficient (Wildman–Crippen LogP) is 3.83. The standard InChI is InChI=1S/C17H14N2/c1-3-7-15-13(5-1)11-14-6-2-4-8-16(14)17(15)19-10-9-18-12-19/h1-11,18H,12H2. The lowest BCUT2D eigenvalue weighted by Gasteiger charge is -2.20. The molecule has 19 heavy (non-hydrogen) atoms. The maximum Gasteiger partial charge on any atom is 0.0916 e. The van der Waals surface area contributed by atoms with E-state index in [-0.39, 0.29) is 0 Å². The van der Waals surface area contributed by atoms with Gasteiger partial charge in [-0.05, 0) is 16.8 Å². The number of benzene rings is 3. The summed E-state index contributed by atoms with van der Waals surface area (Å²) in [6.45, 7) is 0.831. The molecule has 92 valence electrons. The molecule has 0 atom stereocenters. The van der Waals surface area contributed by atoms with Gasteiger partial charge in [0, 0.05) is 23.2 Å². The molecule has 1 aliphatic heterocycles. The highest BCUT2D eigenvalue weighted by Crippen LogP contribution is 2.35. The van der Waals surface area contributed by atoms with E-state index in [9.17, 15) is 0 Å². The first-order valence-electron chi connectivity index (χ1n) is 6.51. The van der Waals surface area contributed by atoms with E-state index in [0.29, 0.717) is 0 Å². The van der Waals surface area contributed by atoms with Crippen LogP contribution in [-0.2, 0) is 0 Å². The lowest BCUT2D eigenvalue weighted by molar-refractivity contribution is 0.906. The van der Waals surface area contributed by atoms with Crippen LogP contribution in [-0.4, -0.2) is 6.67 Å². The number of hydrogen-bond donors (Lipinski definition) is 1. The fourth-order valence-electron chi connectivity index (χ4n) is 2.80. The molecular formula is C17H14N2. The highest BCUT2D eigenvalue weighted by Gasteiger charge is 2.14. The van der Waals surface area contributed by atoms with Crippen LogP contribution in [0.4, 0.5) is 5.69 Å². The molecular weight excluding hydrogens is 232 g/mol. The molecule has 0 aliphatic carbocycles. The Labute approximate surface area is 112 Å². The van der Waals surface area contributed by atoms with Gasteiger partial charge in [-0.2, -0.15) is 0 Å². The van der Waals surface area contributed by atoms with Crippen molar-refractivity contribution in [3.8, 4) is 0 Å². The van der Waals surface area contributed by atoms with Gasteiger partial charge in [0.2, 0.25) is 0 Å². The average Bonchev–Trinajstić information content (AvgIpc) is 2.98. The minimum atomic E-state index is 0.831. The first-order valence-corrected chi connectivity index (χ1v) is 6.51. The maximum atomic E-state index is 3.25. The van der Waals surface area contributed by atoms with E-state index in [1.54, 1.807) is 0 Å². The van der Waals surface area contributed by atoms with Crippen molar-refractivity contribution < 1.29 is 0 Å². The summed E-state index contributed by atoms with van der Waals surface area (Å²) in [4.78, 5) is 2.27. The zero-order valence-electron chi connectivity index (χ0n) is 10.5. The monoisotopic (exact) mass is 246 g/mol. The summed E-state index contributed by atoms with van der Waals surface area (Å²) >= 11 is 0. The van der Waals surface area contributed by atoms with Gasteiger partial charge in [-0.3, -0.25) is 0 Å². The third-order valence-corrected chi connectivity index (χ3v) is 3.66. The van der Waals surface area contributed by atoms with Gasteiger partial charge in [-0.1, -0.05) is 48.5 Å². The summed E-state index contributed by atoms with van der Waals surface area (Å²) in [5, 5.41) is 8.42. The topological polar surface area (TPSA) is 15.3 Å². The van der Waals surface area contributed by atoms with E-state index in [1.807, 2.05) is 6.20 Å². The maximum absolute atomic E-state index is 3.25. The van der Waals surface area contributed by atoms with Gasteiger partial charge in [-0.15, -0.1) is 0 Å². The third-order valence-electron chi connectivity index (χ3n) is 3.66. The third kappa shape index (κ3) is 1.57. The van der Waals surface area contributed by atoms with Gasteiger partial charge in [-0.25, -0.2) is 0 Å². The van der Waals surface area contributed by atoms with Crippen molar-refractivity contribution in [2.75, 3.05) is 11.6 Å². The quantitative estimate of drug-likeness (QED) is 0.656. The van der Waals surface area contributed by atoms with Crippen molar-refractivity contribution in [2.45, 2.75) is 0 Å². The summed E-state index contributed by atoms with van der Waals surface area (Å²) in [6, 6.07) is 19.4. The second-order valence-electron chi connectivity index (χ2n) is 4.82. The molecule has 1 N–H and O–H groups in total. The molecule has 3 aromatic carbocycles. The molecule has 0 bridgehead atoms. The average molecular weight is 246 g/mol. The largest absolute Gasteiger partial charge is 0.372 e. The van der Waals surface area contributed by atoms with Crippen molar-refractivity contribution in [1.82, 2.24) is 5.32 Å². The van der Waals surface area contributed by atoms with Crippen LogP contribution in [0.5, 0.6) is 0 Å². The minimum absolute atomic E-state index is 0.831. The summed E-state index contributed by atoms with van der Waals surface area (Å²) in [5.74, 6) is 0. The zero-order chi connectivity index (χ0) is 12.7. The first kappa shape index (κ1) is 10.4. The Morgan fingerprint density at radius 1 is 0.842 bits per heavy atom. The van der Waals surface area contributed by atoms with Gasteiger partial charge in [0.25, 0.3) is 0 Å². The number of fused-ring (bicyclic) bond motifs is 2. The Balaban J connectivity index is 2.16. The van der Waals surface area contributed by atoms with Crippen molar-refractivity contribution in [1.29, 1.82) is 0 Å². The highest BCUT2D eigenvalue weighted by atomic mass is 15.2. The fourth-order valence-corrected chi connectivity index (χ4v) is 2.80. The molecule has 0 fully saturated rings. The molecule has 0 saturated heterocycles. The van der Waals surface area contributed by atoms with E-state index in [2.05, 4.69) is 71.0 Å². The van der Waals surface area contributed by atoms with Crippen molar-refractivity contribution >= 4 is 27.2 Å². The van der Waals surface area contributed by atoms with Crippen molar-refractivity contribution in [2.24, 2.45) is 0 Å². The SMILES string of the molecule is C1=CN(c2c3ccccc3cc3ccccc23)CN1. The summed E-state index contributed by atoms with van der Waals surface area (Å²) in [6.07, 6.45) is 4.10. The molecule has 2 nitrogen and oxygen atoms in total. The number of nitrogens with one attached hydrogen (secondary N) is 1. The summed E-state index contributed by atoms with van der Waals surface area (Å²) in [5.41, 5.74) is 1.29. The molecule has 2 heteroatoms. The van der Waals surface area contributed by atoms with Gasteiger partial charge in [0.05, 0.1) is 12.4 Å². The second kappa shape index (κ2) is 4.02. The van der Waals surface area contributed by atoms with E-state index in [0.717, 1.165) is 6.67 Å². The molecule has 4 rings (SSSR count). The van der Waals surface area contributed by atoms with E-state index < -0.39 is 0 Å². The lowest BCUT2D eigenvalue weighted by Crippen LogP contribution is -2.20. The smallest absolute Gasteiger partial charge is 0.0916 e. The Kier molecular flexibility index (Phi) is 2.21. The summed E-state index contributed by atoms with van der Waals surface area (Å²) in [7, 11) is 0. The van der Waals surface area contributed by atoms with Crippen LogP contribution in [0, 0.1) is 0 Å². The number of rotatable bonds is 1. The van der Waals surface area contributed by atoms with Crippen molar-refractivity contribution in [3.63, 3.8) is 0 Å². The Morgan fingerprint density at radius 2 is 1.47 bits per heavy atom. The number of nitrogens with zero attached hydrogens (tertiary/aromatic N) is 1. The van der Waals surface area contributed by atoms with Crippen LogP contribution < -0.4 is 10.2 Å². The molecule has 0 saturated carbocycles. The van der Waals surface area contributed by atoms with E-state index in [1.165, 1.54) is 27.2 Å². The van der Waals surface area contributed by atoms with Crippen LogP contribution in [0.2, 0.25) is 0 Å². The van der Waals surface area contributed by atoms with Crippen LogP contribution in [0.3, 0.4) is 0 Å². The first-order chi connectivity index (χ1) is 9.43. The summed E-state index contributed by atoms with van der Waals surface area (Å²) < 4.78 is 0. The van der Waals surface area contributed by atoms with Gasteiger partial charge >= 0.3 is 0 Å². The van der Waals surface area contributed by atoms with Crippen LogP contribution in [0.25, 0.3) is 21.5 Å². The molecule has 1 aliphatic rings. The van der Waals surface area contributed by atoms with E-state index >= 15 is 0 Å². The predicted molar refractivity (Wildman–Crippen MR) is 81.1 cm³/mol. The molecule has 0 radical (unpaired) electrons. The molecule has 0 spiro atoms. The molecule has 0 unspecified atom stereocenters. The lowest BCUT2D eigenvalue weighted by atomic mass is 10.0. The van der Waals surface area contributed by atoms with Gasteiger partial charge in [0.1, 0.15) is 0 Å². The van der Waals surface area contributed by atoms with E-state index in [4.69, 9.17) is 0 Å². The fraction of sp³-hybridized carbons (Fsp3) is 0.0588. The van der Waals surface area contributed by atoms with Gasteiger partial charge in [0.15, 0.2) is 0 Å². The van der Waals surface area contributed by atoms with Crippen LogP contribution in [0.1, 0.15) is 0 Å². The number of hydrogen-bond acceptors (Lipinski definition) is 2. The number of anilines is 1. The molecule has 3 aromatic rings. The molecule has 1 heterocycles. The molecule has 0 aromatic heterocycles.